The van der Waals surface area contributed by atoms with E-state index in [0.29, 0.717) is 11.6 Å². The number of anilines is 2. The van der Waals surface area contributed by atoms with E-state index in [-0.39, 0.29) is 11.1 Å². The second-order valence-electron chi connectivity index (χ2n) is 9.71. The number of nitrogens with zero attached hydrogens (tertiary/aromatic N) is 2. The highest BCUT2D eigenvalue weighted by Crippen LogP contribution is 2.43. The SMILES string of the molecule is CCN1c2ccc(/C=C3/C(=O)NC(=O)N(c4ccc(C)c(C)c4)C3=O)cc2C(C)CC1(C)C. The van der Waals surface area contributed by atoms with Gasteiger partial charge in [0.1, 0.15) is 5.57 Å². The predicted molar refractivity (Wildman–Crippen MR) is 131 cm³/mol. The third-order valence-corrected chi connectivity index (χ3v) is 6.89. The summed E-state index contributed by atoms with van der Waals surface area (Å²) in [5, 5.41) is 2.31. The monoisotopic (exact) mass is 445 g/mol. The highest BCUT2D eigenvalue weighted by atomic mass is 16.2. The van der Waals surface area contributed by atoms with Crippen molar-refractivity contribution < 1.29 is 14.4 Å². The average Bonchev–Trinajstić information content (AvgIpc) is 2.73. The van der Waals surface area contributed by atoms with E-state index >= 15 is 0 Å². The summed E-state index contributed by atoms with van der Waals surface area (Å²) in [7, 11) is 0. The van der Waals surface area contributed by atoms with Gasteiger partial charge >= 0.3 is 6.03 Å². The lowest BCUT2D eigenvalue weighted by molar-refractivity contribution is -0.122. The molecule has 172 valence electrons. The molecule has 1 N–H and O–H groups in total. The fourth-order valence-electron chi connectivity index (χ4n) is 5.12. The molecular formula is C27H31N3O3. The lowest BCUT2D eigenvalue weighted by Crippen LogP contribution is -2.54. The summed E-state index contributed by atoms with van der Waals surface area (Å²) in [6.45, 7) is 13.7. The molecule has 2 heterocycles. The topological polar surface area (TPSA) is 69.7 Å². The van der Waals surface area contributed by atoms with E-state index in [1.54, 1.807) is 18.2 Å². The van der Waals surface area contributed by atoms with Crippen LogP contribution in [-0.2, 0) is 9.59 Å². The molecule has 0 saturated carbocycles. The van der Waals surface area contributed by atoms with Crippen LogP contribution in [-0.4, -0.2) is 29.9 Å². The molecule has 0 radical (unpaired) electrons. The van der Waals surface area contributed by atoms with E-state index in [2.05, 4.69) is 50.0 Å². The predicted octanol–water partition coefficient (Wildman–Crippen LogP) is 5.08. The first-order chi connectivity index (χ1) is 15.5. The van der Waals surface area contributed by atoms with Crippen molar-refractivity contribution in [3.8, 4) is 0 Å². The van der Waals surface area contributed by atoms with Crippen molar-refractivity contribution in [1.82, 2.24) is 5.32 Å². The summed E-state index contributed by atoms with van der Waals surface area (Å²) in [6.07, 6.45) is 2.60. The Morgan fingerprint density at radius 2 is 1.79 bits per heavy atom. The second kappa shape index (κ2) is 8.18. The van der Waals surface area contributed by atoms with Crippen LogP contribution in [0.3, 0.4) is 0 Å². The summed E-state index contributed by atoms with van der Waals surface area (Å²) < 4.78 is 0. The molecule has 2 aliphatic heterocycles. The first-order valence-electron chi connectivity index (χ1n) is 11.4. The molecule has 0 spiro atoms. The number of amides is 4. The maximum atomic E-state index is 13.3. The molecule has 33 heavy (non-hydrogen) atoms. The number of fused-ring (bicyclic) bond motifs is 1. The van der Waals surface area contributed by atoms with Crippen LogP contribution in [0.25, 0.3) is 6.08 Å². The van der Waals surface area contributed by atoms with Gasteiger partial charge in [0, 0.05) is 17.8 Å². The van der Waals surface area contributed by atoms with Crippen LogP contribution in [0.2, 0.25) is 0 Å². The van der Waals surface area contributed by atoms with Crippen molar-refractivity contribution in [2.24, 2.45) is 0 Å². The van der Waals surface area contributed by atoms with Gasteiger partial charge in [-0.2, -0.15) is 0 Å². The Balaban J connectivity index is 1.73. The number of carbonyl (C=O) groups excluding carboxylic acids is 3. The van der Waals surface area contributed by atoms with Crippen LogP contribution < -0.4 is 15.1 Å². The molecule has 1 saturated heterocycles. The van der Waals surface area contributed by atoms with Crippen LogP contribution in [0.4, 0.5) is 16.2 Å². The fourth-order valence-corrected chi connectivity index (χ4v) is 5.12. The molecular weight excluding hydrogens is 414 g/mol. The van der Waals surface area contributed by atoms with Gasteiger partial charge in [-0.1, -0.05) is 19.1 Å². The summed E-state index contributed by atoms with van der Waals surface area (Å²) in [4.78, 5) is 41.8. The maximum absolute atomic E-state index is 13.3. The van der Waals surface area contributed by atoms with Crippen LogP contribution in [0.15, 0.2) is 42.0 Å². The molecule has 0 bridgehead atoms. The number of barbiturate groups is 1. The lowest BCUT2D eigenvalue weighted by Gasteiger charge is -2.47. The van der Waals surface area contributed by atoms with Gasteiger partial charge in [0.15, 0.2) is 0 Å². The summed E-state index contributed by atoms with van der Waals surface area (Å²) in [5.74, 6) is -0.943. The number of carbonyl (C=O) groups is 3. The normalized spacial score (nSPS) is 21.3. The Morgan fingerprint density at radius 3 is 2.45 bits per heavy atom. The van der Waals surface area contributed by atoms with Crippen molar-refractivity contribution >= 4 is 35.3 Å². The molecule has 0 aliphatic carbocycles. The molecule has 2 aromatic carbocycles. The van der Waals surface area contributed by atoms with Crippen molar-refractivity contribution in [2.45, 2.75) is 59.4 Å². The Kier molecular flexibility index (Phi) is 5.64. The number of hydrogen-bond donors (Lipinski definition) is 1. The number of imide groups is 2. The van der Waals surface area contributed by atoms with Crippen LogP contribution in [0.1, 0.15) is 62.3 Å². The zero-order chi connectivity index (χ0) is 24.1. The Morgan fingerprint density at radius 1 is 1.06 bits per heavy atom. The molecule has 2 aliphatic rings. The van der Waals surface area contributed by atoms with E-state index in [4.69, 9.17) is 0 Å². The minimum atomic E-state index is -0.731. The first kappa shape index (κ1) is 22.8. The molecule has 4 amide bonds. The van der Waals surface area contributed by atoms with E-state index in [0.717, 1.165) is 34.6 Å². The standard InChI is InChI=1S/C27H31N3O3/c1-7-29-23-11-9-19(13-21(23)18(4)15-27(29,5)6)14-22-24(31)28-26(33)30(25(22)32)20-10-8-16(2)17(3)12-20/h8-14,18H,7,15H2,1-6H3,(H,28,31,33)/b22-14-. The zero-order valence-electron chi connectivity index (χ0n) is 20.2. The molecule has 2 aromatic rings. The smallest absolute Gasteiger partial charge is 0.335 e. The van der Waals surface area contributed by atoms with Gasteiger partial charge in [-0.25, -0.2) is 9.69 Å². The van der Waals surface area contributed by atoms with Crippen molar-refractivity contribution in [3.63, 3.8) is 0 Å². The minimum absolute atomic E-state index is 0.0519. The highest BCUT2D eigenvalue weighted by Gasteiger charge is 2.38. The number of aryl methyl sites for hydroxylation is 2. The third-order valence-electron chi connectivity index (χ3n) is 6.89. The van der Waals surface area contributed by atoms with Crippen LogP contribution >= 0.6 is 0 Å². The average molecular weight is 446 g/mol. The van der Waals surface area contributed by atoms with E-state index in [9.17, 15) is 14.4 Å². The van der Waals surface area contributed by atoms with Crippen LogP contribution in [0, 0.1) is 13.8 Å². The molecule has 1 fully saturated rings. The fraction of sp³-hybridized carbons (Fsp3) is 0.370. The third kappa shape index (κ3) is 3.94. The van der Waals surface area contributed by atoms with Gasteiger partial charge in [0.2, 0.25) is 0 Å². The molecule has 6 nitrogen and oxygen atoms in total. The van der Waals surface area contributed by atoms with E-state index in [1.807, 2.05) is 26.0 Å². The number of hydrogen-bond acceptors (Lipinski definition) is 4. The number of nitrogens with one attached hydrogen (secondary N) is 1. The number of urea groups is 1. The van der Waals surface area contributed by atoms with Crippen LogP contribution in [0.5, 0.6) is 0 Å². The lowest BCUT2D eigenvalue weighted by atomic mass is 9.79. The Bertz CT molecular complexity index is 1200. The van der Waals surface area contributed by atoms with Crippen molar-refractivity contribution in [2.75, 3.05) is 16.3 Å². The minimum Gasteiger partial charge on any atom is -0.366 e. The van der Waals surface area contributed by atoms with Gasteiger partial charge in [-0.3, -0.25) is 14.9 Å². The van der Waals surface area contributed by atoms with Gasteiger partial charge in [-0.05, 0) is 99.6 Å². The number of benzene rings is 2. The molecule has 1 unspecified atom stereocenters. The summed E-state index contributed by atoms with van der Waals surface area (Å²) in [6, 6.07) is 10.7. The van der Waals surface area contributed by atoms with Crippen molar-refractivity contribution in [3.05, 3.63) is 64.2 Å². The largest absolute Gasteiger partial charge is 0.366 e. The molecule has 0 aromatic heterocycles. The maximum Gasteiger partial charge on any atom is 0.335 e. The summed E-state index contributed by atoms with van der Waals surface area (Å²) in [5.41, 5.74) is 5.64. The Labute approximate surface area is 195 Å². The van der Waals surface area contributed by atoms with Gasteiger partial charge in [0.25, 0.3) is 11.8 Å². The Hall–Kier alpha value is -3.41. The first-order valence-corrected chi connectivity index (χ1v) is 11.4. The zero-order valence-corrected chi connectivity index (χ0v) is 20.2. The quantitative estimate of drug-likeness (QED) is 0.528. The molecule has 1 atom stereocenters. The summed E-state index contributed by atoms with van der Waals surface area (Å²) >= 11 is 0. The van der Waals surface area contributed by atoms with E-state index in [1.165, 1.54) is 11.3 Å². The number of rotatable bonds is 3. The highest BCUT2D eigenvalue weighted by molar-refractivity contribution is 6.39. The van der Waals surface area contributed by atoms with Crippen molar-refractivity contribution in [1.29, 1.82) is 0 Å². The second-order valence-corrected chi connectivity index (χ2v) is 9.71. The molecule has 4 rings (SSSR count). The molecule has 6 heteroatoms. The van der Waals surface area contributed by atoms with Gasteiger partial charge < -0.3 is 4.90 Å². The van der Waals surface area contributed by atoms with Gasteiger partial charge in [0.05, 0.1) is 5.69 Å². The van der Waals surface area contributed by atoms with E-state index < -0.39 is 17.8 Å². The van der Waals surface area contributed by atoms with Gasteiger partial charge in [-0.15, -0.1) is 0 Å².